The van der Waals surface area contributed by atoms with Crippen molar-refractivity contribution >= 4 is 22.4 Å². The summed E-state index contributed by atoms with van der Waals surface area (Å²) >= 11 is 0. The summed E-state index contributed by atoms with van der Waals surface area (Å²) in [5.41, 5.74) is 0.593. The van der Waals surface area contributed by atoms with Gasteiger partial charge in [-0.1, -0.05) is 18.2 Å². The molecular weight excluding hydrogens is 213 g/mol. The Morgan fingerprint density at radius 2 is 2.00 bits per heavy atom. The summed E-state index contributed by atoms with van der Waals surface area (Å²) in [4.78, 5) is 3.88. The quantitative estimate of drug-likeness (QED) is 0.381. The van der Waals surface area contributed by atoms with Crippen LogP contribution < -0.4 is 34.7 Å². The average Bonchev–Trinajstić information content (AvgIpc) is 2.18. The molecule has 0 amide bonds. The van der Waals surface area contributed by atoms with Crippen LogP contribution in [0.15, 0.2) is 41.4 Å². The summed E-state index contributed by atoms with van der Waals surface area (Å²) < 4.78 is 0. The molecule has 0 aliphatic rings. The molecule has 0 bridgehead atoms. The van der Waals surface area contributed by atoms with Gasteiger partial charge < -0.3 is 10.2 Å². The minimum atomic E-state index is -0.245. The van der Waals surface area contributed by atoms with Gasteiger partial charge in [0.05, 0.1) is 5.69 Å². The maximum atomic E-state index is 10.9. The van der Waals surface area contributed by atoms with Crippen LogP contribution >= 0.6 is 0 Å². The monoisotopic (exact) mass is 223 g/mol. The largest absolute Gasteiger partial charge is 1.00 e. The van der Waals surface area contributed by atoms with E-state index in [4.69, 9.17) is 0 Å². The van der Waals surface area contributed by atoms with Gasteiger partial charge in [0.25, 0.3) is 0 Å². The summed E-state index contributed by atoms with van der Waals surface area (Å²) in [6.07, 6.45) is 0. The standard InChI is InChI=1S/C12H11NO2.Na/c1-8(14)13-12-4-2-3-9-5-6-10(15)7-11(9)12;/h2-7,15H,1H3,(H,13,14);/q;+1/p-1. The number of aromatic hydroxyl groups is 1. The van der Waals surface area contributed by atoms with Gasteiger partial charge in [-0.25, -0.2) is 0 Å². The molecule has 4 heteroatoms. The molecule has 76 valence electrons. The van der Waals surface area contributed by atoms with Gasteiger partial charge in [-0.15, -0.1) is 0 Å². The number of hydrogen-bond donors (Lipinski definition) is 1. The number of rotatable bonds is 1. The number of aliphatic imine (C=N–C) groups is 1. The van der Waals surface area contributed by atoms with E-state index in [9.17, 15) is 10.2 Å². The molecule has 2 rings (SSSR count). The predicted molar refractivity (Wildman–Crippen MR) is 58.4 cm³/mol. The molecule has 3 nitrogen and oxygen atoms in total. The van der Waals surface area contributed by atoms with Crippen LogP contribution in [0.1, 0.15) is 6.92 Å². The predicted octanol–water partition coefficient (Wildman–Crippen LogP) is -1.04. The van der Waals surface area contributed by atoms with Crippen LogP contribution in [0.2, 0.25) is 0 Å². The molecule has 0 saturated carbocycles. The van der Waals surface area contributed by atoms with Crippen LogP contribution in [0.25, 0.3) is 10.8 Å². The minimum Gasteiger partial charge on any atom is -0.862 e. The Balaban J connectivity index is 0.00000128. The smallest absolute Gasteiger partial charge is 0.862 e. The van der Waals surface area contributed by atoms with Gasteiger partial charge in [-0.2, -0.15) is 0 Å². The summed E-state index contributed by atoms with van der Waals surface area (Å²) in [5.74, 6) is -0.0699. The molecular formula is C12H10NNaO2. The van der Waals surface area contributed by atoms with Crippen molar-refractivity contribution in [1.82, 2.24) is 0 Å². The molecule has 0 fully saturated rings. The third-order valence-electron chi connectivity index (χ3n) is 2.12. The van der Waals surface area contributed by atoms with Crippen LogP contribution in [-0.4, -0.2) is 11.0 Å². The Bertz CT molecular complexity index is 534. The van der Waals surface area contributed by atoms with E-state index in [0.717, 1.165) is 10.8 Å². The topological polar surface area (TPSA) is 55.7 Å². The fraction of sp³-hybridized carbons (Fsp3) is 0.0833. The normalized spacial score (nSPS) is 11.2. The van der Waals surface area contributed by atoms with Crippen LogP contribution in [0.3, 0.4) is 0 Å². The number of nitrogens with zero attached hydrogens (tertiary/aromatic N) is 1. The van der Waals surface area contributed by atoms with E-state index in [-0.39, 0.29) is 41.2 Å². The zero-order valence-corrected chi connectivity index (χ0v) is 11.3. The van der Waals surface area contributed by atoms with Crippen molar-refractivity contribution in [3.63, 3.8) is 0 Å². The third-order valence-corrected chi connectivity index (χ3v) is 2.12. The van der Waals surface area contributed by atoms with Crippen molar-refractivity contribution in [2.75, 3.05) is 0 Å². The van der Waals surface area contributed by atoms with E-state index in [1.165, 1.54) is 6.92 Å². The maximum absolute atomic E-state index is 10.9. The summed E-state index contributed by atoms with van der Waals surface area (Å²) in [6.45, 7) is 1.40. The van der Waals surface area contributed by atoms with Crippen LogP contribution in [0.4, 0.5) is 5.69 Å². The third kappa shape index (κ3) is 2.76. The fourth-order valence-corrected chi connectivity index (χ4v) is 1.51. The molecule has 0 heterocycles. The van der Waals surface area contributed by atoms with Crippen molar-refractivity contribution in [3.05, 3.63) is 36.4 Å². The first-order chi connectivity index (χ1) is 7.16. The molecule has 0 spiro atoms. The minimum absolute atomic E-state index is 0. The molecule has 16 heavy (non-hydrogen) atoms. The van der Waals surface area contributed by atoms with Crippen molar-refractivity contribution in [1.29, 1.82) is 0 Å². The van der Waals surface area contributed by atoms with E-state index < -0.39 is 0 Å². The maximum Gasteiger partial charge on any atom is 1.00 e. The van der Waals surface area contributed by atoms with Gasteiger partial charge in [0.1, 0.15) is 5.75 Å². The van der Waals surface area contributed by atoms with Gasteiger partial charge in [-0.05, 0) is 36.4 Å². The molecule has 0 radical (unpaired) electrons. The number of phenolic OH excluding ortho intramolecular Hbond substituents is 1. The SMILES string of the molecule is CC([O-])=Nc1cccc2ccc(O)cc12.[Na+]. The molecule has 0 unspecified atom stereocenters. The summed E-state index contributed by atoms with van der Waals surface area (Å²) in [5, 5.41) is 22.0. The van der Waals surface area contributed by atoms with E-state index in [1.807, 2.05) is 12.1 Å². The Morgan fingerprint density at radius 1 is 1.25 bits per heavy atom. The number of benzene rings is 2. The Morgan fingerprint density at radius 3 is 2.69 bits per heavy atom. The Kier molecular flexibility index (Phi) is 4.35. The second-order valence-corrected chi connectivity index (χ2v) is 3.31. The van der Waals surface area contributed by atoms with Gasteiger partial charge in [0, 0.05) is 5.39 Å². The molecule has 0 aliphatic heterocycles. The summed E-state index contributed by atoms with van der Waals surface area (Å²) in [7, 11) is 0. The first-order valence-corrected chi connectivity index (χ1v) is 4.61. The molecule has 0 saturated heterocycles. The first-order valence-electron chi connectivity index (χ1n) is 4.61. The zero-order chi connectivity index (χ0) is 10.8. The van der Waals surface area contributed by atoms with Crippen molar-refractivity contribution in [3.8, 4) is 5.75 Å². The molecule has 0 aromatic heterocycles. The zero-order valence-electron chi connectivity index (χ0n) is 9.27. The van der Waals surface area contributed by atoms with Crippen molar-refractivity contribution in [2.45, 2.75) is 6.92 Å². The van der Waals surface area contributed by atoms with Gasteiger partial charge in [0.2, 0.25) is 0 Å². The van der Waals surface area contributed by atoms with E-state index >= 15 is 0 Å². The van der Waals surface area contributed by atoms with Crippen LogP contribution in [0.5, 0.6) is 5.75 Å². The molecule has 1 N–H and O–H groups in total. The van der Waals surface area contributed by atoms with Crippen LogP contribution in [0, 0.1) is 0 Å². The fourth-order valence-electron chi connectivity index (χ4n) is 1.51. The van der Waals surface area contributed by atoms with Gasteiger partial charge in [0.15, 0.2) is 0 Å². The molecule has 2 aromatic carbocycles. The van der Waals surface area contributed by atoms with E-state index in [0.29, 0.717) is 5.69 Å². The number of phenols is 1. The van der Waals surface area contributed by atoms with E-state index in [2.05, 4.69) is 4.99 Å². The van der Waals surface area contributed by atoms with Crippen molar-refractivity contribution in [2.24, 2.45) is 4.99 Å². The molecule has 0 atom stereocenters. The van der Waals surface area contributed by atoms with Crippen LogP contribution in [-0.2, 0) is 0 Å². The Labute approximate surface area is 116 Å². The Hall–Kier alpha value is -1.03. The van der Waals surface area contributed by atoms with Gasteiger partial charge >= 0.3 is 29.6 Å². The first kappa shape index (κ1) is 13.0. The average molecular weight is 223 g/mol. The number of hydrogen-bond acceptors (Lipinski definition) is 3. The van der Waals surface area contributed by atoms with Crippen molar-refractivity contribution < 1.29 is 39.8 Å². The molecule has 0 aliphatic carbocycles. The molecule has 2 aromatic rings. The second-order valence-electron chi connectivity index (χ2n) is 3.31. The second kappa shape index (κ2) is 5.34. The van der Waals surface area contributed by atoms with Gasteiger partial charge in [-0.3, -0.25) is 4.99 Å². The number of fused-ring (bicyclic) bond motifs is 1. The summed E-state index contributed by atoms with van der Waals surface area (Å²) in [6, 6.07) is 10.5. The van der Waals surface area contributed by atoms with E-state index in [1.54, 1.807) is 24.3 Å².